The fraction of sp³-hybridized carbons (Fsp3) is 0.500. The Morgan fingerprint density at radius 1 is 1.27 bits per heavy atom. The van der Waals surface area contributed by atoms with Crippen LogP contribution < -0.4 is 4.74 Å². The normalized spacial score (nSPS) is 21.3. The van der Waals surface area contributed by atoms with Crippen LogP contribution in [0.1, 0.15) is 19.3 Å². The fourth-order valence-electron chi connectivity index (χ4n) is 1.61. The second kappa shape index (κ2) is 5.42. The summed E-state index contributed by atoms with van der Waals surface area (Å²) in [7, 11) is 0. The van der Waals surface area contributed by atoms with Gasteiger partial charge in [0.15, 0.2) is 6.29 Å². The minimum absolute atomic E-state index is 0.0427. The predicted octanol–water partition coefficient (Wildman–Crippen LogP) is 3.31. The van der Waals surface area contributed by atoms with Crippen LogP contribution in [0.5, 0.6) is 5.75 Å². The molecule has 0 N–H and O–H groups in total. The highest BCUT2D eigenvalue weighted by Gasteiger charge is 2.14. The van der Waals surface area contributed by atoms with Crippen molar-refractivity contribution < 1.29 is 9.47 Å². The van der Waals surface area contributed by atoms with Gasteiger partial charge in [0.25, 0.3) is 0 Å². The van der Waals surface area contributed by atoms with Gasteiger partial charge in [-0.2, -0.15) is 0 Å². The first-order valence-corrected chi connectivity index (χ1v) is 6.53. The van der Waals surface area contributed by atoms with Gasteiger partial charge < -0.3 is 9.47 Å². The van der Waals surface area contributed by atoms with Crippen molar-refractivity contribution in [2.45, 2.75) is 30.4 Å². The monoisotopic (exact) mass is 224 g/mol. The summed E-state index contributed by atoms with van der Waals surface area (Å²) in [6.07, 6.45) is 5.39. The van der Waals surface area contributed by atoms with E-state index in [4.69, 9.17) is 9.47 Å². The molecule has 2 rings (SSSR count). The number of hydrogen-bond acceptors (Lipinski definition) is 3. The van der Waals surface area contributed by atoms with Gasteiger partial charge in [-0.25, -0.2) is 0 Å². The van der Waals surface area contributed by atoms with Gasteiger partial charge in [0.2, 0.25) is 0 Å². The molecule has 1 heterocycles. The van der Waals surface area contributed by atoms with Gasteiger partial charge in [-0.1, -0.05) is 0 Å². The van der Waals surface area contributed by atoms with Crippen LogP contribution in [-0.2, 0) is 4.74 Å². The maximum absolute atomic E-state index is 5.72. The zero-order chi connectivity index (χ0) is 10.5. The molecule has 1 unspecified atom stereocenters. The molecule has 0 bridgehead atoms. The van der Waals surface area contributed by atoms with Crippen molar-refractivity contribution in [3.8, 4) is 5.75 Å². The zero-order valence-corrected chi connectivity index (χ0v) is 9.76. The van der Waals surface area contributed by atoms with Gasteiger partial charge >= 0.3 is 0 Å². The number of benzene rings is 1. The smallest absolute Gasteiger partial charge is 0.199 e. The van der Waals surface area contributed by atoms with E-state index < -0.39 is 0 Å². The lowest BCUT2D eigenvalue weighted by Gasteiger charge is -2.23. The molecule has 1 aliphatic rings. The molecule has 82 valence electrons. The van der Waals surface area contributed by atoms with Crippen LogP contribution in [0.4, 0.5) is 0 Å². The average molecular weight is 224 g/mol. The first-order chi connectivity index (χ1) is 7.38. The van der Waals surface area contributed by atoms with Crippen LogP contribution in [0, 0.1) is 0 Å². The van der Waals surface area contributed by atoms with E-state index in [1.54, 1.807) is 11.8 Å². The predicted molar refractivity (Wildman–Crippen MR) is 62.4 cm³/mol. The van der Waals surface area contributed by atoms with Crippen molar-refractivity contribution in [1.29, 1.82) is 0 Å². The Morgan fingerprint density at radius 3 is 2.67 bits per heavy atom. The summed E-state index contributed by atoms with van der Waals surface area (Å²) >= 11 is 1.74. The third kappa shape index (κ3) is 3.14. The van der Waals surface area contributed by atoms with Crippen LogP contribution in [0.15, 0.2) is 29.2 Å². The van der Waals surface area contributed by atoms with Crippen molar-refractivity contribution in [2.75, 3.05) is 12.9 Å². The number of rotatable bonds is 3. The molecule has 1 aromatic carbocycles. The van der Waals surface area contributed by atoms with Crippen molar-refractivity contribution in [3.05, 3.63) is 24.3 Å². The van der Waals surface area contributed by atoms with Crippen LogP contribution >= 0.6 is 11.8 Å². The Labute approximate surface area is 95.0 Å². The van der Waals surface area contributed by atoms with Crippen molar-refractivity contribution in [3.63, 3.8) is 0 Å². The summed E-state index contributed by atoms with van der Waals surface area (Å²) in [5.74, 6) is 0.903. The largest absolute Gasteiger partial charge is 0.465 e. The molecule has 1 saturated heterocycles. The fourth-order valence-corrected chi connectivity index (χ4v) is 2.02. The molecular weight excluding hydrogens is 208 g/mol. The Balaban J connectivity index is 1.91. The summed E-state index contributed by atoms with van der Waals surface area (Å²) in [5, 5.41) is 0. The standard InChI is InChI=1S/C12H16O2S/c1-15-11-7-5-10(6-8-11)14-12-4-2-3-9-13-12/h5-8,12H,2-4,9H2,1H3. The third-order valence-electron chi connectivity index (χ3n) is 2.46. The first-order valence-electron chi connectivity index (χ1n) is 5.31. The summed E-state index contributed by atoms with van der Waals surface area (Å²) in [6.45, 7) is 0.827. The number of thioether (sulfide) groups is 1. The van der Waals surface area contributed by atoms with E-state index in [1.165, 1.54) is 11.3 Å². The van der Waals surface area contributed by atoms with Gasteiger partial charge in [0.1, 0.15) is 5.75 Å². The van der Waals surface area contributed by atoms with Gasteiger partial charge in [-0.05, 0) is 43.4 Å². The Kier molecular flexibility index (Phi) is 3.92. The lowest BCUT2D eigenvalue weighted by atomic mass is 10.2. The van der Waals surface area contributed by atoms with E-state index in [0.29, 0.717) is 0 Å². The lowest BCUT2D eigenvalue weighted by Crippen LogP contribution is -2.24. The maximum Gasteiger partial charge on any atom is 0.199 e. The summed E-state index contributed by atoms with van der Waals surface area (Å²) in [5.41, 5.74) is 0. The number of hydrogen-bond donors (Lipinski definition) is 0. The quantitative estimate of drug-likeness (QED) is 0.734. The summed E-state index contributed by atoms with van der Waals surface area (Å²) < 4.78 is 11.2. The minimum Gasteiger partial charge on any atom is -0.465 e. The molecule has 1 atom stereocenters. The molecule has 1 aromatic rings. The lowest BCUT2D eigenvalue weighted by molar-refractivity contribution is -0.105. The molecule has 15 heavy (non-hydrogen) atoms. The second-order valence-corrected chi connectivity index (χ2v) is 4.47. The topological polar surface area (TPSA) is 18.5 Å². The third-order valence-corrected chi connectivity index (χ3v) is 3.21. The van der Waals surface area contributed by atoms with Crippen LogP contribution in [0.3, 0.4) is 0 Å². The molecular formula is C12H16O2S. The summed E-state index contributed by atoms with van der Waals surface area (Å²) in [4.78, 5) is 1.26. The Bertz CT molecular complexity index is 291. The SMILES string of the molecule is CSc1ccc(OC2CCCCO2)cc1. The van der Waals surface area contributed by atoms with E-state index in [1.807, 2.05) is 12.1 Å². The minimum atomic E-state index is -0.0427. The van der Waals surface area contributed by atoms with Gasteiger partial charge in [-0.3, -0.25) is 0 Å². The number of ether oxygens (including phenoxy) is 2. The molecule has 1 aliphatic heterocycles. The second-order valence-electron chi connectivity index (χ2n) is 3.59. The van der Waals surface area contributed by atoms with E-state index in [0.717, 1.165) is 25.2 Å². The molecule has 0 aromatic heterocycles. The first kappa shape index (κ1) is 10.8. The van der Waals surface area contributed by atoms with Crippen LogP contribution in [-0.4, -0.2) is 19.2 Å². The zero-order valence-electron chi connectivity index (χ0n) is 8.94. The molecule has 0 saturated carbocycles. The maximum atomic E-state index is 5.72. The van der Waals surface area contributed by atoms with E-state index in [2.05, 4.69) is 18.4 Å². The summed E-state index contributed by atoms with van der Waals surface area (Å²) in [6, 6.07) is 8.15. The van der Waals surface area contributed by atoms with Crippen molar-refractivity contribution in [2.24, 2.45) is 0 Å². The molecule has 3 heteroatoms. The van der Waals surface area contributed by atoms with Crippen molar-refractivity contribution >= 4 is 11.8 Å². The Hall–Kier alpha value is -0.670. The molecule has 1 fully saturated rings. The molecule has 0 radical (unpaired) electrons. The van der Waals surface area contributed by atoms with E-state index >= 15 is 0 Å². The van der Waals surface area contributed by atoms with Crippen LogP contribution in [0.2, 0.25) is 0 Å². The van der Waals surface area contributed by atoms with Gasteiger partial charge in [0.05, 0.1) is 6.61 Å². The van der Waals surface area contributed by atoms with Gasteiger partial charge in [0, 0.05) is 11.3 Å². The van der Waals surface area contributed by atoms with E-state index in [9.17, 15) is 0 Å². The van der Waals surface area contributed by atoms with Crippen molar-refractivity contribution in [1.82, 2.24) is 0 Å². The molecule has 0 spiro atoms. The highest BCUT2D eigenvalue weighted by atomic mass is 32.2. The van der Waals surface area contributed by atoms with Gasteiger partial charge in [-0.15, -0.1) is 11.8 Å². The van der Waals surface area contributed by atoms with E-state index in [-0.39, 0.29) is 6.29 Å². The highest BCUT2D eigenvalue weighted by molar-refractivity contribution is 7.98. The van der Waals surface area contributed by atoms with Crippen LogP contribution in [0.25, 0.3) is 0 Å². The molecule has 0 amide bonds. The Morgan fingerprint density at radius 2 is 2.07 bits per heavy atom. The molecule has 0 aliphatic carbocycles. The highest BCUT2D eigenvalue weighted by Crippen LogP contribution is 2.22. The molecule has 2 nitrogen and oxygen atoms in total. The average Bonchev–Trinajstić information content (AvgIpc) is 2.31.